The van der Waals surface area contributed by atoms with E-state index in [2.05, 4.69) is 47.0 Å². The van der Waals surface area contributed by atoms with Crippen molar-refractivity contribution in [2.75, 3.05) is 28.4 Å². The van der Waals surface area contributed by atoms with E-state index in [1.165, 1.54) is 86.1 Å². The van der Waals surface area contributed by atoms with Crippen LogP contribution in [0.4, 0.5) is 22.7 Å². The third kappa shape index (κ3) is 10.8. The van der Waals surface area contributed by atoms with Crippen LogP contribution >= 0.6 is 0 Å². The molecule has 2 heterocycles. The van der Waals surface area contributed by atoms with Gasteiger partial charge in [0.1, 0.15) is 17.5 Å². The zero-order valence-corrected chi connectivity index (χ0v) is 32.8. The van der Waals surface area contributed by atoms with Gasteiger partial charge < -0.3 is 46.6 Å². The number of aromatic nitrogens is 4. The molecule has 6 aromatic rings. The number of carbonyl (C=O) groups excluding carboxylic acids is 5. The topological polar surface area (TPSA) is 287 Å². The quantitative estimate of drug-likeness (QED) is 0.0627. The molecule has 0 saturated heterocycles. The van der Waals surface area contributed by atoms with E-state index in [0.29, 0.717) is 22.6 Å². The number of carbonyl (C=O) groups is 6. The number of ether oxygens (including phenoxy) is 1. The summed E-state index contributed by atoms with van der Waals surface area (Å²) in [5, 5.41) is 52.9. The second kappa shape index (κ2) is 19.3. The van der Waals surface area contributed by atoms with Gasteiger partial charge in [0.2, 0.25) is 5.91 Å². The smallest absolute Gasteiger partial charge is 0.354 e. The lowest BCUT2D eigenvalue weighted by Gasteiger charge is -2.18. The van der Waals surface area contributed by atoms with E-state index in [-0.39, 0.29) is 57.6 Å². The first-order valence-electron chi connectivity index (χ1n) is 18.4. The van der Waals surface area contributed by atoms with Crippen LogP contribution in [0.25, 0.3) is 6.08 Å². The van der Waals surface area contributed by atoms with E-state index in [1.807, 2.05) is 0 Å². The number of rotatable bonds is 15. The van der Waals surface area contributed by atoms with Crippen LogP contribution in [0.15, 0.2) is 115 Å². The molecule has 314 valence electrons. The number of carboxylic acid groups (broad SMARTS) is 1. The van der Waals surface area contributed by atoms with Crippen molar-refractivity contribution in [2.24, 2.45) is 0 Å². The van der Waals surface area contributed by atoms with Gasteiger partial charge in [-0.1, -0.05) is 12.1 Å². The Morgan fingerprint density at radius 2 is 1.37 bits per heavy atom. The minimum absolute atomic E-state index is 0.0262. The number of nitrogens with zero attached hydrogens (tertiary/aromatic N) is 3. The molecule has 0 aliphatic heterocycles. The SMILES string of the molecule is COc1c(NC(=O)c2ccc(NC(=O)[C@H](Cc3cn[nH]n3)NC(=O)c3ccc(NC(=O)/C(C)=C/c4ccc(O)cc4)cc3)cc2)ccc(C(=O)Nc2ccc(C(=O)O)nc2)c1O. The molecule has 0 aliphatic carbocycles. The van der Waals surface area contributed by atoms with Crippen LogP contribution in [0.5, 0.6) is 17.2 Å². The summed E-state index contributed by atoms with van der Waals surface area (Å²) in [7, 11) is 1.23. The average Bonchev–Trinajstić information content (AvgIpc) is 3.78. The lowest BCUT2D eigenvalue weighted by Crippen LogP contribution is -2.45. The minimum atomic E-state index is -1.24. The molecule has 9 N–H and O–H groups in total. The first kappa shape index (κ1) is 42.7. The Morgan fingerprint density at radius 3 is 1.97 bits per heavy atom. The van der Waals surface area contributed by atoms with Crippen LogP contribution < -0.4 is 31.3 Å². The summed E-state index contributed by atoms with van der Waals surface area (Å²) in [6.07, 6.45) is 4.19. The second-order valence-electron chi connectivity index (χ2n) is 13.4. The molecular formula is C43H37N9O10. The van der Waals surface area contributed by atoms with E-state index in [1.54, 1.807) is 37.3 Å². The Hall–Kier alpha value is -8.87. The molecule has 0 fully saturated rings. The fourth-order valence-electron chi connectivity index (χ4n) is 5.79. The van der Waals surface area contributed by atoms with Gasteiger partial charge in [-0.05, 0) is 103 Å². The van der Waals surface area contributed by atoms with Gasteiger partial charge in [-0.3, -0.25) is 24.0 Å². The zero-order valence-electron chi connectivity index (χ0n) is 32.8. The first-order chi connectivity index (χ1) is 29.8. The molecule has 6 rings (SSSR count). The first-order valence-corrected chi connectivity index (χ1v) is 18.4. The highest BCUT2D eigenvalue weighted by Gasteiger charge is 2.25. The highest BCUT2D eigenvalue weighted by atomic mass is 16.5. The second-order valence-corrected chi connectivity index (χ2v) is 13.4. The number of H-pyrrole nitrogens is 1. The molecule has 0 bridgehead atoms. The van der Waals surface area contributed by atoms with Crippen LogP contribution in [-0.2, 0) is 16.0 Å². The van der Waals surface area contributed by atoms with Crippen LogP contribution in [0.3, 0.4) is 0 Å². The Kier molecular flexibility index (Phi) is 13.3. The summed E-state index contributed by atoms with van der Waals surface area (Å²) in [4.78, 5) is 80.6. The maximum atomic E-state index is 13.6. The fourth-order valence-corrected chi connectivity index (χ4v) is 5.79. The molecule has 62 heavy (non-hydrogen) atoms. The van der Waals surface area contributed by atoms with Gasteiger partial charge in [-0.25, -0.2) is 9.78 Å². The number of hydrogen-bond donors (Lipinski definition) is 9. The number of aromatic amines is 1. The van der Waals surface area contributed by atoms with Gasteiger partial charge in [0.05, 0.1) is 42.1 Å². The zero-order chi connectivity index (χ0) is 44.3. The number of methoxy groups -OCH3 is 1. The Balaban J connectivity index is 1.07. The van der Waals surface area contributed by atoms with Crippen molar-refractivity contribution in [3.05, 3.63) is 149 Å². The summed E-state index contributed by atoms with van der Waals surface area (Å²) in [5.41, 5.74) is 2.40. The molecule has 19 heteroatoms. The van der Waals surface area contributed by atoms with E-state index < -0.39 is 41.4 Å². The van der Waals surface area contributed by atoms with Gasteiger partial charge in [0, 0.05) is 34.5 Å². The molecule has 1 atom stereocenters. The van der Waals surface area contributed by atoms with Crippen LogP contribution in [0.1, 0.15) is 59.7 Å². The molecule has 0 saturated carbocycles. The maximum absolute atomic E-state index is 13.6. The van der Waals surface area contributed by atoms with Crippen molar-refractivity contribution in [1.29, 1.82) is 0 Å². The normalized spacial score (nSPS) is 11.4. The third-order valence-corrected chi connectivity index (χ3v) is 9.02. The number of benzene rings is 4. The fraction of sp³-hybridized carbons (Fsp3) is 0.0930. The molecule has 19 nitrogen and oxygen atoms in total. The standard InChI is InChI=1S/C43H37N9O10/c1-23(19-24-3-14-31(53)15-4-24)38(55)46-27-9-5-26(6-10-27)40(57)50-35(20-30-22-45-52-51-30)42(59)47-28-11-7-25(8-12-28)39(56)49-33-18-16-32(36(54)37(33)62-2)41(58)48-29-13-17-34(43(60)61)44-21-29/h3-19,21-22,35,53-54H,20H2,1-2H3,(H,46,55)(H,47,59)(H,48,58)(H,49,56)(H,50,57)(H,60,61)(H,45,51,52)/b23-19+/t35-/m0/s1. The van der Waals surface area contributed by atoms with Gasteiger partial charge in [0.25, 0.3) is 23.6 Å². The number of aromatic hydroxyl groups is 2. The molecule has 2 aromatic heterocycles. The number of aromatic carboxylic acids is 1. The van der Waals surface area contributed by atoms with Crippen molar-refractivity contribution in [1.82, 2.24) is 25.7 Å². The minimum Gasteiger partial charge on any atom is -0.508 e. The predicted octanol–water partition coefficient (Wildman–Crippen LogP) is 4.84. The number of carboxylic acids is 1. The van der Waals surface area contributed by atoms with Gasteiger partial charge in [0.15, 0.2) is 11.5 Å². The molecule has 0 aliphatic rings. The van der Waals surface area contributed by atoms with Crippen molar-refractivity contribution >= 4 is 64.3 Å². The molecule has 0 unspecified atom stereocenters. The van der Waals surface area contributed by atoms with Crippen molar-refractivity contribution in [3.8, 4) is 17.2 Å². The van der Waals surface area contributed by atoms with E-state index in [4.69, 9.17) is 9.84 Å². The van der Waals surface area contributed by atoms with E-state index >= 15 is 0 Å². The molecular weight excluding hydrogens is 803 g/mol. The highest BCUT2D eigenvalue weighted by molar-refractivity contribution is 6.10. The van der Waals surface area contributed by atoms with Crippen LogP contribution in [0, 0.1) is 0 Å². The number of phenols is 2. The largest absolute Gasteiger partial charge is 0.508 e. The highest BCUT2D eigenvalue weighted by Crippen LogP contribution is 2.38. The number of phenolic OH excluding ortho intramolecular Hbond substituents is 2. The summed E-state index contributed by atoms with van der Waals surface area (Å²) < 4.78 is 5.29. The number of anilines is 4. The Bertz CT molecular complexity index is 2650. The summed E-state index contributed by atoms with van der Waals surface area (Å²) in [5.74, 6) is -4.84. The number of pyridine rings is 1. The lowest BCUT2D eigenvalue weighted by atomic mass is 10.1. The number of hydrogen-bond acceptors (Lipinski definition) is 12. The predicted molar refractivity (Wildman–Crippen MR) is 225 cm³/mol. The van der Waals surface area contributed by atoms with Gasteiger partial charge in [-0.2, -0.15) is 15.4 Å². The summed E-state index contributed by atoms with van der Waals surface area (Å²) in [6, 6.07) is 22.3. The summed E-state index contributed by atoms with van der Waals surface area (Å²) in [6.45, 7) is 1.64. The third-order valence-electron chi connectivity index (χ3n) is 9.02. The molecule has 0 radical (unpaired) electrons. The van der Waals surface area contributed by atoms with Crippen molar-refractivity contribution in [3.63, 3.8) is 0 Å². The van der Waals surface area contributed by atoms with Gasteiger partial charge in [-0.15, -0.1) is 0 Å². The molecule has 4 aromatic carbocycles. The van der Waals surface area contributed by atoms with Crippen LogP contribution in [0.2, 0.25) is 0 Å². The number of nitrogens with one attached hydrogen (secondary N) is 6. The average molecular weight is 840 g/mol. The Morgan fingerprint density at radius 1 is 0.726 bits per heavy atom. The van der Waals surface area contributed by atoms with E-state index in [9.17, 15) is 39.0 Å². The van der Waals surface area contributed by atoms with Crippen molar-refractivity contribution < 1.29 is 48.8 Å². The monoisotopic (exact) mass is 839 g/mol. The Labute approximate surface area is 351 Å². The lowest BCUT2D eigenvalue weighted by molar-refractivity contribution is -0.118. The summed E-state index contributed by atoms with van der Waals surface area (Å²) >= 11 is 0. The van der Waals surface area contributed by atoms with Crippen LogP contribution in [-0.4, -0.2) is 84.4 Å². The maximum Gasteiger partial charge on any atom is 0.354 e. The van der Waals surface area contributed by atoms with E-state index in [0.717, 1.165) is 11.8 Å². The molecule has 0 spiro atoms. The van der Waals surface area contributed by atoms with Gasteiger partial charge >= 0.3 is 5.97 Å². The molecule has 5 amide bonds. The number of amides is 5. The van der Waals surface area contributed by atoms with Crippen molar-refractivity contribution in [2.45, 2.75) is 19.4 Å².